The molecule has 0 saturated carbocycles. The van der Waals surface area contributed by atoms with E-state index in [1.54, 1.807) is 4.90 Å². The van der Waals surface area contributed by atoms with Crippen LogP contribution in [0.2, 0.25) is 0 Å². The first-order valence-corrected chi connectivity index (χ1v) is 10.9. The maximum atomic E-state index is 13.0. The second kappa shape index (κ2) is 12.0. The molecule has 176 valence electrons. The van der Waals surface area contributed by atoms with Crippen LogP contribution in [0.1, 0.15) is 37.8 Å². The maximum Gasteiger partial charge on any atom is 0.410 e. The summed E-state index contributed by atoms with van der Waals surface area (Å²) in [5.74, 6) is -1.02. The summed E-state index contributed by atoms with van der Waals surface area (Å²) in [6.07, 6.45) is -1.64. The smallest absolute Gasteiger partial charge is 0.410 e. The Kier molecular flexibility index (Phi) is 8.83. The summed E-state index contributed by atoms with van der Waals surface area (Å²) in [5.41, 5.74) is 1.83. The molecule has 1 fully saturated rings. The summed E-state index contributed by atoms with van der Waals surface area (Å²) in [7, 11) is 0. The molecule has 8 heteroatoms. The van der Waals surface area contributed by atoms with Gasteiger partial charge in [0.1, 0.15) is 6.61 Å². The van der Waals surface area contributed by atoms with Gasteiger partial charge in [0.05, 0.1) is 12.6 Å². The quantitative estimate of drug-likeness (QED) is 0.441. The highest BCUT2D eigenvalue weighted by Gasteiger charge is 2.37. The van der Waals surface area contributed by atoms with Crippen molar-refractivity contribution in [3.63, 3.8) is 0 Å². The minimum absolute atomic E-state index is 0.154. The Labute approximate surface area is 193 Å². The molecule has 3 atom stereocenters. The van der Waals surface area contributed by atoms with E-state index in [2.05, 4.69) is 0 Å². The van der Waals surface area contributed by atoms with Gasteiger partial charge in [-0.25, -0.2) is 4.79 Å². The molecule has 0 spiro atoms. The van der Waals surface area contributed by atoms with E-state index >= 15 is 0 Å². The fraction of sp³-hybridized carbons (Fsp3) is 0.400. The summed E-state index contributed by atoms with van der Waals surface area (Å²) >= 11 is 0. The standard InChI is InChI=1S/C25H29NO7/c1-18(27)31-23-14-13-22(33-24(23)32-19(2)28)16-26(15-20-9-5-3-6-10-20)25(29)30-17-21-11-7-4-8-12-21/h3-12,22-24H,13-17H2,1-2H3/t22-,23?,24?/m0/s1. The second-order valence-corrected chi connectivity index (χ2v) is 7.87. The molecule has 0 N–H and O–H groups in total. The third kappa shape index (κ3) is 7.91. The Morgan fingerprint density at radius 2 is 1.48 bits per heavy atom. The number of hydrogen-bond acceptors (Lipinski definition) is 7. The molecule has 33 heavy (non-hydrogen) atoms. The lowest BCUT2D eigenvalue weighted by molar-refractivity contribution is -0.242. The second-order valence-electron chi connectivity index (χ2n) is 7.87. The van der Waals surface area contributed by atoms with Crippen molar-refractivity contribution in [3.8, 4) is 0 Å². The SMILES string of the molecule is CC(=O)OC1CC[C@@H](CN(Cc2ccccc2)C(=O)OCc2ccccc2)OC1OC(C)=O. The Morgan fingerprint density at radius 3 is 2.09 bits per heavy atom. The summed E-state index contributed by atoms with van der Waals surface area (Å²) in [5, 5.41) is 0. The average Bonchev–Trinajstić information content (AvgIpc) is 2.79. The number of nitrogens with zero attached hydrogens (tertiary/aromatic N) is 1. The molecular weight excluding hydrogens is 426 g/mol. The van der Waals surface area contributed by atoms with Crippen molar-refractivity contribution in [2.24, 2.45) is 0 Å². The first-order chi connectivity index (χ1) is 15.9. The van der Waals surface area contributed by atoms with Crippen LogP contribution in [-0.2, 0) is 41.7 Å². The molecule has 0 radical (unpaired) electrons. The Bertz CT molecular complexity index is 919. The molecule has 3 rings (SSSR count). The van der Waals surface area contributed by atoms with Gasteiger partial charge in [-0.15, -0.1) is 0 Å². The number of amides is 1. The lowest BCUT2D eigenvalue weighted by Crippen LogP contribution is -2.48. The van der Waals surface area contributed by atoms with E-state index in [1.807, 2.05) is 60.7 Å². The van der Waals surface area contributed by atoms with E-state index in [-0.39, 0.29) is 13.2 Å². The molecule has 0 bridgehead atoms. The van der Waals surface area contributed by atoms with Crippen LogP contribution in [0.25, 0.3) is 0 Å². The first kappa shape index (κ1) is 24.3. The number of carbonyl (C=O) groups is 3. The van der Waals surface area contributed by atoms with E-state index in [1.165, 1.54) is 13.8 Å². The van der Waals surface area contributed by atoms with Gasteiger partial charge in [-0.1, -0.05) is 60.7 Å². The van der Waals surface area contributed by atoms with Gasteiger partial charge in [-0.05, 0) is 24.0 Å². The van der Waals surface area contributed by atoms with Gasteiger partial charge in [0.15, 0.2) is 6.10 Å². The van der Waals surface area contributed by atoms with Crippen molar-refractivity contribution < 1.29 is 33.3 Å². The van der Waals surface area contributed by atoms with Gasteiger partial charge in [0.2, 0.25) is 6.29 Å². The van der Waals surface area contributed by atoms with Crippen LogP contribution < -0.4 is 0 Å². The van der Waals surface area contributed by atoms with Crippen LogP contribution in [0, 0.1) is 0 Å². The van der Waals surface area contributed by atoms with Gasteiger partial charge in [0, 0.05) is 20.4 Å². The van der Waals surface area contributed by atoms with Crippen molar-refractivity contribution in [3.05, 3.63) is 71.8 Å². The van der Waals surface area contributed by atoms with Crippen LogP contribution in [0.15, 0.2) is 60.7 Å². The molecular formula is C25H29NO7. The lowest BCUT2D eigenvalue weighted by Gasteiger charge is -2.36. The number of rotatable bonds is 8. The van der Waals surface area contributed by atoms with Crippen molar-refractivity contribution in [2.45, 2.75) is 58.3 Å². The van der Waals surface area contributed by atoms with Crippen molar-refractivity contribution in [1.29, 1.82) is 0 Å². The molecule has 1 aliphatic rings. The maximum absolute atomic E-state index is 13.0. The van der Waals surface area contributed by atoms with Crippen LogP contribution in [0.4, 0.5) is 4.79 Å². The summed E-state index contributed by atoms with van der Waals surface area (Å²) in [6, 6.07) is 19.0. The zero-order valence-corrected chi connectivity index (χ0v) is 18.8. The molecule has 1 saturated heterocycles. The zero-order chi connectivity index (χ0) is 23.6. The predicted molar refractivity (Wildman–Crippen MR) is 119 cm³/mol. The number of esters is 2. The van der Waals surface area contributed by atoms with Crippen molar-refractivity contribution in [1.82, 2.24) is 4.90 Å². The van der Waals surface area contributed by atoms with Gasteiger partial charge in [-0.2, -0.15) is 0 Å². The molecule has 1 heterocycles. The van der Waals surface area contributed by atoms with E-state index in [9.17, 15) is 14.4 Å². The number of carbonyl (C=O) groups excluding carboxylic acids is 3. The minimum Gasteiger partial charge on any atom is -0.456 e. The molecule has 0 aliphatic carbocycles. The van der Waals surface area contributed by atoms with Crippen LogP contribution in [0.3, 0.4) is 0 Å². The van der Waals surface area contributed by atoms with E-state index in [0.717, 1.165) is 11.1 Å². The third-order valence-corrected chi connectivity index (χ3v) is 5.11. The van der Waals surface area contributed by atoms with Crippen LogP contribution in [-0.4, -0.2) is 48.0 Å². The number of hydrogen-bond donors (Lipinski definition) is 0. The Balaban J connectivity index is 1.68. The molecule has 1 aliphatic heterocycles. The topological polar surface area (TPSA) is 91.4 Å². The van der Waals surface area contributed by atoms with Crippen molar-refractivity contribution >= 4 is 18.0 Å². The Morgan fingerprint density at radius 1 is 0.879 bits per heavy atom. The normalized spacial score (nSPS) is 19.9. The third-order valence-electron chi connectivity index (χ3n) is 5.11. The zero-order valence-electron chi connectivity index (χ0n) is 18.8. The predicted octanol–water partition coefficient (Wildman–Crippen LogP) is 3.83. The highest BCUT2D eigenvalue weighted by molar-refractivity contribution is 5.68. The molecule has 2 aromatic rings. The van der Waals surface area contributed by atoms with E-state index in [4.69, 9.17) is 18.9 Å². The van der Waals surface area contributed by atoms with Gasteiger partial charge < -0.3 is 23.8 Å². The van der Waals surface area contributed by atoms with E-state index in [0.29, 0.717) is 19.4 Å². The molecule has 0 aromatic heterocycles. The summed E-state index contributed by atoms with van der Waals surface area (Å²) in [4.78, 5) is 37.4. The average molecular weight is 456 g/mol. The summed E-state index contributed by atoms with van der Waals surface area (Å²) < 4.78 is 21.9. The van der Waals surface area contributed by atoms with Crippen LogP contribution >= 0.6 is 0 Å². The Hall–Kier alpha value is -3.39. The van der Waals surface area contributed by atoms with Crippen molar-refractivity contribution in [2.75, 3.05) is 6.54 Å². The molecule has 2 aromatic carbocycles. The number of ether oxygens (including phenoxy) is 4. The van der Waals surface area contributed by atoms with Gasteiger partial charge in [0.25, 0.3) is 0 Å². The minimum atomic E-state index is -1.02. The van der Waals surface area contributed by atoms with Crippen LogP contribution in [0.5, 0.6) is 0 Å². The lowest BCUT2D eigenvalue weighted by atomic mass is 10.0. The fourth-order valence-electron chi connectivity index (χ4n) is 3.62. The highest BCUT2D eigenvalue weighted by Crippen LogP contribution is 2.25. The van der Waals surface area contributed by atoms with Gasteiger partial charge >= 0.3 is 18.0 Å². The van der Waals surface area contributed by atoms with Gasteiger partial charge in [-0.3, -0.25) is 9.59 Å². The first-order valence-electron chi connectivity index (χ1n) is 10.9. The monoisotopic (exact) mass is 455 g/mol. The molecule has 2 unspecified atom stereocenters. The fourth-order valence-corrected chi connectivity index (χ4v) is 3.62. The highest BCUT2D eigenvalue weighted by atomic mass is 16.7. The molecule has 1 amide bonds. The molecule has 8 nitrogen and oxygen atoms in total. The largest absolute Gasteiger partial charge is 0.456 e. The summed E-state index contributed by atoms with van der Waals surface area (Å²) in [6.45, 7) is 3.27. The van der Waals surface area contributed by atoms with E-state index < -0.39 is 36.5 Å². The number of benzene rings is 2.